The topological polar surface area (TPSA) is 29.5 Å². The molecule has 0 aliphatic heterocycles. The second-order valence-electron chi connectivity index (χ2n) is 4.53. The molecule has 0 amide bonds. The number of ether oxygens (including phenoxy) is 1. The minimum absolute atomic E-state index is 0.0727. The van der Waals surface area contributed by atoms with Crippen molar-refractivity contribution in [3.05, 3.63) is 20.3 Å². The van der Waals surface area contributed by atoms with Crippen molar-refractivity contribution in [2.24, 2.45) is 0 Å². The number of aryl methyl sites for hydroxylation is 1. The average molecular weight is 305 g/mol. The number of hydrogen-bond acceptors (Lipinski definition) is 3. The molecule has 0 spiro atoms. The second-order valence-corrected chi connectivity index (χ2v) is 6.67. The summed E-state index contributed by atoms with van der Waals surface area (Å²) in [6.07, 6.45) is 3.66. The van der Waals surface area contributed by atoms with E-state index in [4.69, 9.17) is 4.74 Å². The van der Waals surface area contributed by atoms with Crippen LogP contribution in [0.5, 0.6) is 0 Å². The number of aliphatic hydroxyl groups excluding tert-OH is 1. The van der Waals surface area contributed by atoms with Crippen molar-refractivity contribution in [1.82, 2.24) is 0 Å². The first kappa shape index (κ1) is 12.6. The van der Waals surface area contributed by atoms with Gasteiger partial charge in [-0.25, -0.2) is 0 Å². The van der Waals surface area contributed by atoms with E-state index < -0.39 is 6.10 Å². The summed E-state index contributed by atoms with van der Waals surface area (Å²) in [6.45, 7) is 2.06. The van der Waals surface area contributed by atoms with Crippen molar-refractivity contribution < 1.29 is 9.84 Å². The monoisotopic (exact) mass is 304 g/mol. The van der Waals surface area contributed by atoms with Gasteiger partial charge in [-0.15, -0.1) is 11.3 Å². The molecular weight excluding hydrogens is 288 g/mol. The Bertz CT molecular complexity index is 366. The Kier molecular flexibility index (Phi) is 3.74. The molecule has 1 unspecified atom stereocenters. The highest BCUT2D eigenvalue weighted by Crippen LogP contribution is 2.44. The summed E-state index contributed by atoms with van der Waals surface area (Å²) < 4.78 is 6.56. The van der Waals surface area contributed by atoms with Gasteiger partial charge in [0.2, 0.25) is 0 Å². The molecule has 1 aliphatic rings. The van der Waals surface area contributed by atoms with Crippen LogP contribution in [0.15, 0.2) is 10.5 Å². The molecule has 0 bridgehead atoms. The Morgan fingerprint density at radius 3 is 2.69 bits per heavy atom. The number of thiophene rings is 1. The molecule has 1 aromatic heterocycles. The zero-order valence-electron chi connectivity index (χ0n) is 9.62. The van der Waals surface area contributed by atoms with Crippen LogP contribution in [0, 0.1) is 6.92 Å². The van der Waals surface area contributed by atoms with Gasteiger partial charge in [0.1, 0.15) is 0 Å². The standard InChI is InChI=1S/C12H17BrO2S/c1-8-6-9(13)11(16-8)10(14)7-12(15-2)4-3-5-12/h6,10,14H,3-5,7H2,1-2H3. The summed E-state index contributed by atoms with van der Waals surface area (Å²) >= 11 is 5.15. The maximum atomic E-state index is 10.2. The SMILES string of the molecule is COC1(CC(O)c2sc(C)cc2Br)CCC1. The molecule has 1 N–H and O–H groups in total. The number of aliphatic hydroxyl groups is 1. The van der Waals surface area contributed by atoms with E-state index in [0.29, 0.717) is 6.42 Å². The summed E-state index contributed by atoms with van der Waals surface area (Å²) in [5.41, 5.74) is -0.0727. The van der Waals surface area contributed by atoms with Crippen LogP contribution < -0.4 is 0 Å². The fourth-order valence-electron chi connectivity index (χ4n) is 2.24. The number of halogens is 1. The van der Waals surface area contributed by atoms with Crippen molar-refractivity contribution in [2.75, 3.05) is 7.11 Å². The quantitative estimate of drug-likeness (QED) is 0.916. The summed E-state index contributed by atoms with van der Waals surface area (Å²) in [5, 5.41) is 10.2. The van der Waals surface area contributed by atoms with Gasteiger partial charge in [0, 0.05) is 27.8 Å². The molecule has 2 nitrogen and oxygen atoms in total. The van der Waals surface area contributed by atoms with Crippen LogP contribution in [-0.2, 0) is 4.74 Å². The fraction of sp³-hybridized carbons (Fsp3) is 0.667. The lowest BCUT2D eigenvalue weighted by Gasteiger charge is -2.41. The first-order valence-corrected chi connectivity index (χ1v) is 7.16. The van der Waals surface area contributed by atoms with E-state index in [9.17, 15) is 5.11 Å². The van der Waals surface area contributed by atoms with E-state index in [1.165, 1.54) is 11.3 Å². The zero-order valence-corrected chi connectivity index (χ0v) is 12.0. The zero-order chi connectivity index (χ0) is 11.8. The number of rotatable bonds is 4. The lowest BCUT2D eigenvalue weighted by Crippen LogP contribution is -2.40. The highest BCUT2D eigenvalue weighted by molar-refractivity contribution is 9.10. The smallest absolute Gasteiger partial charge is 0.0920 e. The summed E-state index contributed by atoms with van der Waals surface area (Å²) in [7, 11) is 1.75. The predicted octanol–water partition coefficient (Wildman–Crippen LogP) is 3.81. The van der Waals surface area contributed by atoms with Crippen molar-refractivity contribution >= 4 is 27.3 Å². The Labute approximate surface area is 109 Å². The van der Waals surface area contributed by atoms with Crippen molar-refractivity contribution in [3.63, 3.8) is 0 Å². The van der Waals surface area contributed by atoms with Crippen LogP contribution in [0.2, 0.25) is 0 Å². The largest absolute Gasteiger partial charge is 0.387 e. The Morgan fingerprint density at radius 2 is 2.31 bits per heavy atom. The van der Waals surface area contributed by atoms with Crippen LogP contribution in [0.25, 0.3) is 0 Å². The Morgan fingerprint density at radius 1 is 1.62 bits per heavy atom. The van der Waals surface area contributed by atoms with E-state index in [-0.39, 0.29) is 5.60 Å². The third-order valence-corrected chi connectivity index (χ3v) is 5.47. The number of hydrogen-bond donors (Lipinski definition) is 1. The molecule has 1 heterocycles. The van der Waals surface area contributed by atoms with Crippen LogP contribution in [-0.4, -0.2) is 17.8 Å². The minimum Gasteiger partial charge on any atom is -0.387 e. The minimum atomic E-state index is -0.409. The van der Waals surface area contributed by atoms with Gasteiger partial charge >= 0.3 is 0 Å². The normalized spacial score (nSPS) is 20.5. The average Bonchev–Trinajstić information content (AvgIpc) is 2.51. The van der Waals surface area contributed by atoms with E-state index in [1.807, 2.05) is 0 Å². The second kappa shape index (κ2) is 4.77. The molecule has 16 heavy (non-hydrogen) atoms. The van der Waals surface area contributed by atoms with Gasteiger partial charge in [-0.05, 0) is 48.2 Å². The van der Waals surface area contributed by atoms with Gasteiger partial charge in [0.05, 0.1) is 11.7 Å². The van der Waals surface area contributed by atoms with E-state index in [1.54, 1.807) is 18.4 Å². The van der Waals surface area contributed by atoms with Gasteiger partial charge < -0.3 is 9.84 Å². The third kappa shape index (κ3) is 2.35. The Hall–Kier alpha value is 0.100. The maximum absolute atomic E-state index is 10.2. The molecule has 0 saturated heterocycles. The molecule has 90 valence electrons. The summed E-state index contributed by atoms with van der Waals surface area (Å²) in [5.74, 6) is 0. The highest BCUT2D eigenvalue weighted by atomic mass is 79.9. The summed E-state index contributed by atoms with van der Waals surface area (Å²) in [6, 6.07) is 2.06. The highest BCUT2D eigenvalue weighted by Gasteiger charge is 2.39. The molecular formula is C12H17BrO2S. The lowest BCUT2D eigenvalue weighted by atomic mass is 9.76. The molecule has 1 atom stereocenters. The Balaban J connectivity index is 2.07. The van der Waals surface area contributed by atoms with Crippen molar-refractivity contribution in [3.8, 4) is 0 Å². The van der Waals surface area contributed by atoms with Crippen LogP contribution >= 0.6 is 27.3 Å². The molecule has 2 rings (SSSR count). The molecule has 1 saturated carbocycles. The molecule has 0 aromatic carbocycles. The van der Waals surface area contributed by atoms with Crippen molar-refractivity contribution in [2.45, 2.75) is 44.3 Å². The van der Waals surface area contributed by atoms with Crippen LogP contribution in [0.1, 0.15) is 41.5 Å². The first-order chi connectivity index (χ1) is 7.56. The van der Waals surface area contributed by atoms with Crippen molar-refractivity contribution in [1.29, 1.82) is 0 Å². The molecule has 0 radical (unpaired) electrons. The first-order valence-electron chi connectivity index (χ1n) is 5.55. The van der Waals surface area contributed by atoms with E-state index >= 15 is 0 Å². The van der Waals surface area contributed by atoms with E-state index in [0.717, 1.165) is 22.2 Å². The molecule has 4 heteroatoms. The third-order valence-electron chi connectivity index (χ3n) is 3.40. The summed E-state index contributed by atoms with van der Waals surface area (Å²) in [4.78, 5) is 2.25. The molecule has 1 aliphatic carbocycles. The van der Waals surface area contributed by atoms with Crippen LogP contribution in [0.3, 0.4) is 0 Å². The van der Waals surface area contributed by atoms with Crippen LogP contribution in [0.4, 0.5) is 0 Å². The van der Waals surface area contributed by atoms with Gasteiger partial charge in [-0.1, -0.05) is 0 Å². The molecule has 1 aromatic rings. The van der Waals surface area contributed by atoms with E-state index in [2.05, 4.69) is 28.9 Å². The number of methoxy groups -OCH3 is 1. The fourth-order valence-corrected chi connectivity index (χ4v) is 4.14. The predicted molar refractivity (Wildman–Crippen MR) is 69.9 cm³/mol. The van der Waals surface area contributed by atoms with Gasteiger partial charge in [-0.2, -0.15) is 0 Å². The molecule has 1 fully saturated rings. The van der Waals surface area contributed by atoms with Gasteiger partial charge in [0.25, 0.3) is 0 Å². The maximum Gasteiger partial charge on any atom is 0.0920 e. The van der Waals surface area contributed by atoms with Gasteiger partial charge in [-0.3, -0.25) is 0 Å². The lowest BCUT2D eigenvalue weighted by molar-refractivity contribution is -0.0995. The van der Waals surface area contributed by atoms with Gasteiger partial charge in [0.15, 0.2) is 0 Å².